The summed E-state index contributed by atoms with van der Waals surface area (Å²) in [7, 11) is 0. The summed E-state index contributed by atoms with van der Waals surface area (Å²) in [4.78, 5) is 35.5. The van der Waals surface area contributed by atoms with Crippen LogP contribution in [0.5, 0.6) is 0 Å². The number of carbonyl (C=O) groups excluding carboxylic acids is 2. The average molecular weight is 343 g/mol. The minimum absolute atomic E-state index is 0.320. The van der Waals surface area contributed by atoms with E-state index in [0.29, 0.717) is 22.6 Å². The molecule has 3 heterocycles. The predicted molar refractivity (Wildman–Crippen MR) is 93.6 cm³/mol. The zero-order valence-corrected chi connectivity index (χ0v) is 13.8. The van der Waals surface area contributed by atoms with Gasteiger partial charge in [0.05, 0.1) is 22.7 Å². The Bertz CT molecular complexity index is 1180. The van der Waals surface area contributed by atoms with Gasteiger partial charge in [-0.15, -0.1) is 5.10 Å². The molecule has 7 nitrogen and oxygen atoms in total. The molecule has 5 rings (SSSR count). The van der Waals surface area contributed by atoms with Crippen LogP contribution in [0.4, 0.5) is 0 Å². The molecule has 4 aromatic rings. The number of hydrogen-bond acceptors (Lipinski definition) is 5. The molecular formula is C19H13N5O2. The summed E-state index contributed by atoms with van der Waals surface area (Å²) in [5, 5.41) is 5.30. The first-order valence-electron chi connectivity index (χ1n) is 8.22. The molecule has 1 aliphatic heterocycles. The van der Waals surface area contributed by atoms with Gasteiger partial charge in [-0.2, -0.15) is 0 Å². The predicted octanol–water partition coefficient (Wildman–Crippen LogP) is 2.63. The number of aromatic nitrogens is 4. The molecular weight excluding hydrogens is 330 g/mol. The zero-order chi connectivity index (χ0) is 17.8. The fourth-order valence-corrected chi connectivity index (χ4v) is 3.35. The van der Waals surface area contributed by atoms with Gasteiger partial charge in [0.2, 0.25) is 0 Å². The van der Waals surface area contributed by atoms with Gasteiger partial charge in [0.25, 0.3) is 11.8 Å². The minimum atomic E-state index is -0.582. The molecule has 2 aromatic heterocycles. The quantitative estimate of drug-likeness (QED) is 0.523. The fourth-order valence-electron chi connectivity index (χ4n) is 3.35. The highest BCUT2D eigenvalue weighted by molar-refractivity contribution is 6.21. The second kappa shape index (κ2) is 5.19. The first-order chi connectivity index (χ1) is 12.6. The molecule has 0 saturated heterocycles. The van der Waals surface area contributed by atoms with Gasteiger partial charge < -0.3 is 0 Å². The third kappa shape index (κ3) is 1.91. The van der Waals surface area contributed by atoms with E-state index in [-0.39, 0.29) is 11.8 Å². The Morgan fingerprint density at radius 2 is 1.58 bits per heavy atom. The Hall–Kier alpha value is -3.61. The van der Waals surface area contributed by atoms with E-state index in [9.17, 15) is 9.59 Å². The third-order valence-corrected chi connectivity index (χ3v) is 4.69. The van der Waals surface area contributed by atoms with E-state index >= 15 is 0 Å². The van der Waals surface area contributed by atoms with Crippen LogP contribution in [0.1, 0.15) is 39.5 Å². The van der Waals surface area contributed by atoms with Crippen LogP contribution in [-0.4, -0.2) is 36.3 Å². The van der Waals surface area contributed by atoms with Crippen molar-refractivity contribution in [3.63, 3.8) is 0 Å². The Balaban J connectivity index is 1.61. The van der Waals surface area contributed by atoms with Gasteiger partial charge in [0.15, 0.2) is 11.5 Å². The second-order valence-corrected chi connectivity index (χ2v) is 6.20. The van der Waals surface area contributed by atoms with Gasteiger partial charge >= 0.3 is 0 Å². The lowest BCUT2D eigenvalue weighted by Crippen LogP contribution is -2.33. The van der Waals surface area contributed by atoms with Crippen LogP contribution >= 0.6 is 0 Å². The van der Waals surface area contributed by atoms with Crippen molar-refractivity contribution in [2.45, 2.75) is 13.0 Å². The van der Waals surface area contributed by atoms with Crippen molar-refractivity contribution in [1.29, 1.82) is 0 Å². The van der Waals surface area contributed by atoms with E-state index in [1.807, 2.05) is 24.3 Å². The number of para-hydroxylation sites is 1. The van der Waals surface area contributed by atoms with E-state index in [1.54, 1.807) is 42.0 Å². The van der Waals surface area contributed by atoms with Crippen molar-refractivity contribution in [3.8, 4) is 0 Å². The van der Waals surface area contributed by atoms with E-state index < -0.39 is 6.04 Å². The van der Waals surface area contributed by atoms with Crippen LogP contribution in [0.2, 0.25) is 0 Å². The van der Waals surface area contributed by atoms with Crippen molar-refractivity contribution in [3.05, 3.63) is 71.8 Å². The van der Waals surface area contributed by atoms with Crippen molar-refractivity contribution in [2.24, 2.45) is 0 Å². The summed E-state index contributed by atoms with van der Waals surface area (Å²) >= 11 is 0. The number of carbonyl (C=O) groups is 2. The van der Waals surface area contributed by atoms with E-state index in [4.69, 9.17) is 0 Å². The summed E-state index contributed by atoms with van der Waals surface area (Å²) in [5.74, 6) is -0.238. The zero-order valence-electron chi connectivity index (χ0n) is 13.8. The molecule has 1 atom stereocenters. The first kappa shape index (κ1) is 14.7. The van der Waals surface area contributed by atoms with Crippen LogP contribution in [0.15, 0.2) is 54.9 Å². The molecule has 1 aliphatic rings. The summed E-state index contributed by atoms with van der Waals surface area (Å²) in [6, 6.07) is 13.9. The standard InChI is InChI=1S/C19H13N5O2/c1-11(24-18(25)12-6-2-3-7-13(12)19(24)26)16-21-17-14-8-4-5-9-15(14)20-10-23(17)22-16/h2-11H,1H3/t11-/m1/s1. The van der Waals surface area contributed by atoms with Crippen molar-refractivity contribution < 1.29 is 9.59 Å². The molecule has 0 unspecified atom stereocenters. The maximum atomic E-state index is 12.7. The van der Waals surface area contributed by atoms with Gasteiger partial charge in [-0.1, -0.05) is 24.3 Å². The molecule has 0 fully saturated rings. The van der Waals surface area contributed by atoms with Gasteiger partial charge in [0.1, 0.15) is 6.33 Å². The Labute approximate surface area is 147 Å². The summed E-state index contributed by atoms with van der Waals surface area (Å²) in [6.07, 6.45) is 1.59. The number of benzene rings is 2. The van der Waals surface area contributed by atoms with Crippen LogP contribution in [-0.2, 0) is 0 Å². The molecule has 0 spiro atoms. The van der Waals surface area contributed by atoms with Gasteiger partial charge in [-0.05, 0) is 31.2 Å². The number of imide groups is 1. The molecule has 0 radical (unpaired) electrons. The highest BCUT2D eigenvalue weighted by Crippen LogP contribution is 2.30. The number of rotatable bonds is 2. The molecule has 26 heavy (non-hydrogen) atoms. The highest BCUT2D eigenvalue weighted by Gasteiger charge is 2.40. The normalized spacial score (nSPS) is 15.0. The van der Waals surface area contributed by atoms with Crippen LogP contribution < -0.4 is 0 Å². The maximum Gasteiger partial charge on any atom is 0.262 e. The van der Waals surface area contributed by atoms with Crippen LogP contribution in [0, 0.1) is 0 Å². The molecule has 0 bridgehead atoms. The van der Waals surface area contributed by atoms with E-state index in [2.05, 4.69) is 15.1 Å². The Morgan fingerprint density at radius 3 is 2.31 bits per heavy atom. The number of amides is 2. The van der Waals surface area contributed by atoms with Crippen molar-refractivity contribution >= 4 is 28.4 Å². The lowest BCUT2D eigenvalue weighted by Gasteiger charge is -2.19. The number of fused-ring (bicyclic) bond motifs is 4. The molecule has 2 amide bonds. The summed E-state index contributed by atoms with van der Waals surface area (Å²) in [6.45, 7) is 1.76. The Kier molecular flexibility index (Phi) is 2.94. The summed E-state index contributed by atoms with van der Waals surface area (Å²) in [5.41, 5.74) is 2.29. The monoisotopic (exact) mass is 343 g/mol. The number of nitrogens with zero attached hydrogens (tertiary/aromatic N) is 5. The summed E-state index contributed by atoms with van der Waals surface area (Å²) < 4.78 is 1.58. The SMILES string of the molecule is C[C@H](c1nc2c3ccccc3ncn2n1)N1C(=O)c2ccccc2C1=O. The lowest BCUT2D eigenvalue weighted by atomic mass is 10.1. The van der Waals surface area contributed by atoms with E-state index in [1.165, 1.54) is 4.90 Å². The van der Waals surface area contributed by atoms with Crippen LogP contribution in [0.3, 0.4) is 0 Å². The van der Waals surface area contributed by atoms with Gasteiger partial charge in [0, 0.05) is 5.39 Å². The first-order valence-corrected chi connectivity index (χ1v) is 8.22. The smallest absolute Gasteiger partial charge is 0.262 e. The van der Waals surface area contributed by atoms with Crippen LogP contribution in [0.25, 0.3) is 16.6 Å². The third-order valence-electron chi connectivity index (χ3n) is 4.69. The Morgan fingerprint density at radius 1 is 0.923 bits per heavy atom. The molecule has 0 N–H and O–H groups in total. The lowest BCUT2D eigenvalue weighted by molar-refractivity contribution is 0.0589. The number of hydrogen-bond donors (Lipinski definition) is 0. The molecule has 2 aromatic carbocycles. The topological polar surface area (TPSA) is 80.5 Å². The minimum Gasteiger partial charge on any atom is -0.269 e. The molecule has 7 heteroatoms. The molecule has 126 valence electrons. The second-order valence-electron chi connectivity index (χ2n) is 6.20. The van der Waals surface area contributed by atoms with Crippen molar-refractivity contribution in [2.75, 3.05) is 0 Å². The maximum absolute atomic E-state index is 12.7. The average Bonchev–Trinajstić information content (AvgIpc) is 3.22. The largest absolute Gasteiger partial charge is 0.269 e. The van der Waals surface area contributed by atoms with Gasteiger partial charge in [-0.3, -0.25) is 14.5 Å². The molecule has 0 saturated carbocycles. The van der Waals surface area contributed by atoms with E-state index in [0.717, 1.165) is 10.9 Å². The fraction of sp³-hybridized carbons (Fsp3) is 0.105. The van der Waals surface area contributed by atoms with Crippen molar-refractivity contribution in [1.82, 2.24) is 24.5 Å². The van der Waals surface area contributed by atoms with Gasteiger partial charge in [-0.25, -0.2) is 14.5 Å². The molecule has 0 aliphatic carbocycles. The highest BCUT2D eigenvalue weighted by atomic mass is 16.2.